The van der Waals surface area contributed by atoms with Crippen LogP contribution in [-0.2, 0) is 0 Å². The Labute approximate surface area is 48.1 Å². The zero-order chi connectivity index (χ0) is 4.41. The Morgan fingerprint density at radius 2 is 2.33 bits per heavy atom. The minimum absolute atomic E-state index is 0.943. The van der Waals surface area contributed by atoms with Crippen molar-refractivity contribution in [2.24, 2.45) is 5.92 Å². The molecule has 36 valence electrons. The molecule has 0 unspecified atom stereocenters. The van der Waals surface area contributed by atoms with Crippen molar-refractivity contribution in [1.29, 1.82) is 0 Å². The summed E-state index contributed by atoms with van der Waals surface area (Å²) >= 11 is 6.15. The second kappa shape index (κ2) is 2.12. The van der Waals surface area contributed by atoms with Crippen molar-refractivity contribution in [2.45, 2.75) is 0 Å². The molecule has 0 atom stereocenters. The predicted octanol–water partition coefficient (Wildman–Crippen LogP) is 1.28. The number of hydrogen-bond donors (Lipinski definition) is 1. The van der Waals surface area contributed by atoms with E-state index < -0.39 is 0 Å². The van der Waals surface area contributed by atoms with Gasteiger partial charge in [-0.25, -0.2) is 0 Å². The maximum absolute atomic E-state index is 4.13. The molecule has 0 amide bonds. The molecule has 2 heteroatoms. The summed E-state index contributed by atoms with van der Waals surface area (Å²) in [5.41, 5.74) is 0. The quantitative estimate of drug-likeness (QED) is 0.509. The van der Waals surface area contributed by atoms with E-state index in [1.165, 1.54) is 11.5 Å². The highest BCUT2D eigenvalue weighted by atomic mass is 32.2. The first-order valence-electron chi connectivity index (χ1n) is 2.12. The van der Waals surface area contributed by atoms with E-state index in [2.05, 4.69) is 12.6 Å². The minimum Gasteiger partial charge on any atom is -0.179 e. The van der Waals surface area contributed by atoms with Gasteiger partial charge in [0.15, 0.2) is 0 Å². The van der Waals surface area contributed by atoms with Crippen LogP contribution in [0.1, 0.15) is 0 Å². The van der Waals surface area contributed by atoms with Crippen LogP contribution in [0.4, 0.5) is 0 Å². The maximum Gasteiger partial charge on any atom is -0.00233 e. The monoisotopic (exact) mass is 120 g/mol. The van der Waals surface area contributed by atoms with Gasteiger partial charge in [0.2, 0.25) is 0 Å². The predicted molar refractivity (Wildman–Crippen MR) is 34.7 cm³/mol. The molecule has 0 aliphatic carbocycles. The van der Waals surface area contributed by atoms with Crippen molar-refractivity contribution < 1.29 is 0 Å². The molecule has 1 fully saturated rings. The van der Waals surface area contributed by atoms with Crippen LogP contribution in [0.2, 0.25) is 0 Å². The second-order valence-electron chi connectivity index (χ2n) is 1.59. The molecule has 1 aliphatic heterocycles. The summed E-state index contributed by atoms with van der Waals surface area (Å²) in [6, 6.07) is 0. The molecular formula is C4H8S2. The first kappa shape index (κ1) is 4.85. The van der Waals surface area contributed by atoms with E-state index in [0.29, 0.717) is 0 Å². The molecule has 0 spiro atoms. The van der Waals surface area contributed by atoms with Crippen molar-refractivity contribution in [1.82, 2.24) is 0 Å². The molecule has 0 bridgehead atoms. The lowest BCUT2D eigenvalue weighted by molar-refractivity contribution is 0.739. The van der Waals surface area contributed by atoms with Crippen LogP contribution in [0.3, 0.4) is 0 Å². The van der Waals surface area contributed by atoms with E-state index in [1.807, 2.05) is 11.8 Å². The third-order valence-electron chi connectivity index (χ3n) is 0.965. The molecule has 1 aliphatic rings. The van der Waals surface area contributed by atoms with Crippen LogP contribution in [0, 0.1) is 5.92 Å². The molecule has 0 radical (unpaired) electrons. The lowest BCUT2D eigenvalue weighted by Crippen LogP contribution is -2.18. The third-order valence-corrected chi connectivity index (χ3v) is 2.90. The summed E-state index contributed by atoms with van der Waals surface area (Å²) in [6.07, 6.45) is 0. The molecule has 0 aromatic heterocycles. The van der Waals surface area contributed by atoms with E-state index >= 15 is 0 Å². The van der Waals surface area contributed by atoms with Crippen molar-refractivity contribution in [3.63, 3.8) is 0 Å². The fourth-order valence-electron chi connectivity index (χ4n) is 0.390. The van der Waals surface area contributed by atoms with Gasteiger partial charge in [-0.15, -0.1) is 0 Å². The number of thioether (sulfide) groups is 1. The zero-order valence-corrected chi connectivity index (χ0v) is 5.27. The molecular weight excluding hydrogens is 112 g/mol. The van der Waals surface area contributed by atoms with Crippen LogP contribution < -0.4 is 0 Å². The standard InChI is InChI=1S/C4H8S2/c5-1-4-2-6-3-4/h4-5H,1-3H2. The van der Waals surface area contributed by atoms with E-state index in [0.717, 1.165) is 11.7 Å². The normalized spacial score (nSPS) is 23.5. The smallest absolute Gasteiger partial charge is 0.00233 e. The topological polar surface area (TPSA) is 0 Å². The van der Waals surface area contributed by atoms with Crippen molar-refractivity contribution in [3.8, 4) is 0 Å². The Kier molecular flexibility index (Phi) is 1.72. The third kappa shape index (κ3) is 0.850. The highest BCUT2D eigenvalue weighted by Crippen LogP contribution is 2.24. The zero-order valence-electron chi connectivity index (χ0n) is 3.55. The summed E-state index contributed by atoms with van der Waals surface area (Å²) in [5, 5.41) is 0. The van der Waals surface area contributed by atoms with E-state index in [4.69, 9.17) is 0 Å². The van der Waals surface area contributed by atoms with Crippen LogP contribution >= 0.6 is 24.4 Å². The maximum atomic E-state index is 4.13. The van der Waals surface area contributed by atoms with Crippen LogP contribution in [0.25, 0.3) is 0 Å². The molecule has 0 saturated carbocycles. The summed E-state index contributed by atoms with van der Waals surface area (Å²) in [7, 11) is 0. The average molecular weight is 120 g/mol. The van der Waals surface area contributed by atoms with Crippen molar-refractivity contribution in [2.75, 3.05) is 17.3 Å². The first-order valence-corrected chi connectivity index (χ1v) is 3.91. The van der Waals surface area contributed by atoms with Gasteiger partial charge >= 0.3 is 0 Å². The lowest BCUT2D eigenvalue weighted by atomic mass is 10.2. The second-order valence-corrected chi connectivity index (χ2v) is 3.03. The Bertz CT molecular complexity index is 38.1. The van der Waals surface area contributed by atoms with Gasteiger partial charge in [-0.2, -0.15) is 24.4 Å². The van der Waals surface area contributed by atoms with Crippen LogP contribution in [0.5, 0.6) is 0 Å². The Morgan fingerprint density at radius 3 is 2.33 bits per heavy atom. The molecule has 1 rings (SSSR count). The van der Waals surface area contributed by atoms with Gasteiger partial charge in [-0.3, -0.25) is 0 Å². The van der Waals surface area contributed by atoms with Gasteiger partial charge in [0.25, 0.3) is 0 Å². The van der Waals surface area contributed by atoms with Crippen LogP contribution in [-0.4, -0.2) is 17.3 Å². The summed E-state index contributed by atoms with van der Waals surface area (Å²) < 4.78 is 0. The summed E-state index contributed by atoms with van der Waals surface area (Å²) in [6.45, 7) is 0. The number of hydrogen-bond acceptors (Lipinski definition) is 2. The van der Waals surface area contributed by atoms with E-state index in [9.17, 15) is 0 Å². The molecule has 1 saturated heterocycles. The van der Waals surface area contributed by atoms with Gasteiger partial charge in [0, 0.05) is 0 Å². The van der Waals surface area contributed by atoms with Crippen molar-refractivity contribution in [3.05, 3.63) is 0 Å². The van der Waals surface area contributed by atoms with Gasteiger partial charge in [0.05, 0.1) is 0 Å². The van der Waals surface area contributed by atoms with E-state index in [-0.39, 0.29) is 0 Å². The van der Waals surface area contributed by atoms with Crippen LogP contribution in [0.15, 0.2) is 0 Å². The molecule has 0 nitrogen and oxygen atoms in total. The fraction of sp³-hybridized carbons (Fsp3) is 1.00. The van der Waals surface area contributed by atoms with Gasteiger partial charge in [0.1, 0.15) is 0 Å². The first-order chi connectivity index (χ1) is 2.93. The molecule has 0 aromatic rings. The fourth-order valence-corrected chi connectivity index (χ4v) is 1.80. The van der Waals surface area contributed by atoms with Crippen molar-refractivity contribution >= 4 is 24.4 Å². The van der Waals surface area contributed by atoms with Gasteiger partial charge in [-0.1, -0.05) is 0 Å². The molecule has 1 heterocycles. The molecule has 0 N–H and O–H groups in total. The Hall–Kier alpha value is 0.700. The summed E-state index contributed by atoms with van der Waals surface area (Å²) in [4.78, 5) is 0. The Morgan fingerprint density at radius 1 is 1.67 bits per heavy atom. The molecule has 0 aromatic carbocycles. The minimum atomic E-state index is 0.943. The SMILES string of the molecule is SCC1CSC1. The highest BCUT2D eigenvalue weighted by molar-refractivity contribution is 8.00. The van der Waals surface area contributed by atoms with Gasteiger partial charge < -0.3 is 0 Å². The largest absolute Gasteiger partial charge is 0.179 e. The lowest BCUT2D eigenvalue weighted by Gasteiger charge is -2.21. The highest BCUT2D eigenvalue weighted by Gasteiger charge is 2.14. The summed E-state index contributed by atoms with van der Waals surface area (Å²) in [5.74, 6) is 4.73. The number of thiol groups is 1. The number of rotatable bonds is 1. The van der Waals surface area contributed by atoms with E-state index in [1.54, 1.807) is 0 Å². The van der Waals surface area contributed by atoms with Gasteiger partial charge in [-0.05, 0) is 23.2 Å². The average Bonchev–Trinajstić information content (AvgIpc) is 1.31. The Balaban J connectivity index is 2.01. The molecule has 6 heavy (non-hydrogen) atoms.